The predicted octanol–water partition coefficient (Wildman–Crippen LogP) is 7.84. The molecule has 7 heteroatoms. The summed E-state index contributed by atoms with van der Waals surface area (Å²) >= 11 is 2.83. The van der Waals surface area contributed by atoms with Gasteiger partial charge in [-0.2, -0.15) is 0 Å². The van der Waals surface area contributed by atoms with E-state index >= 15 is 0 Å². The Labute approximate surface area is 460 Å². The van der Waals surface area contributed by atoms with E-state index in [4.69, 9.17) is 11.5 Å². The molecule has 3 atom stereocenters. The van der Waals surface area contributed by atoms with Crippen molar-refractivity contribution in [2.24, 2.45) is 11.5 Å². The molecule has 0 radical (unpaired) electrons. The largest absolute Gasteiger partial charge is 1.00 e. The van der Waals surface area contributed by atoms with Crippen LogP contribution < -0.4 is 61.7 Å². The minimum Gasteiger partial charge on any atom is -1.00 e. The van der Waals surface area contributed by atoms with E-state index in [0.29, 0.717) is 8.58 Å². The summed E-state index contributed by atoms with van der Waals surface area (Å²) in [7, 11) is 1.24. The van der Waals surface area contributed by atoms with E-state index in [2.05, 4.69) is 244 Å². The third-order valence-electron chi connectivity index (χ3n) is 13.0. The minimum atomic E-state index is -0.885. The van der Waals surface area contributed by atoms with Gasteiger partial charge in [-0.1, -0.05) is 152 Å². The van der Waals surface area contributed by atoms with Crippen molar-refractivity contribution < 1.29 is 43.1 Å². The summed E-state index contributed by atoms with van der Waals surface area (Å²) in [6.07, 6.45) is 0. The Balaban J connectivity index is 0.000000190. The van der Waals surface area contributed by atoms with Gasteiger partial charge >= 0.3 is 216 Å². The van der Waals surface area contributed by atoms with Crippen molar-refractivity contribution in [1.82, 2.24) is 0 Å². The van der Waals surface area contributed by atoms with Crippen molar-refractivity contribution in [3.05, 3.63) is 267 Å². The fourth-order valence-corrected chi connectivity index (χ4v) is 13.9. The van der Waals surface area contributed by atoms with Crippen LogP contribution in [0.4, 0.5) is 0 Å². The van der Waals surface area contributed by atoms with Crippen LogP contribution in [0, 0.1) is 55.4 Å². The summed E-state index contributed by atoms with van der Waals surface area (Å²) < 4.78 is 1.28. The van der Waals surface area contributed by atoms with Crippen LogP contribution in [-0.4, -0.2) is 0 Å². The van der Waals surface area contributed by atoms with E-state index in [1.807, 2.05) is 36.4 Å². The van der Waals surface area contributed by atoms with E-state index in [1.165, 1.54) is 103 Å². The molecule has 2 nitrogen and oxygen atoms in total. The van der Waals surface area contributed by atoms with Gasteiger partial charge in [0.2, 0.25) is 0 Å². The molecule has 10 aromatic carbocycles. The molecule has 0 amide bonds. The fourth-order valence-electron chi connectivity index (χ4n) is 10.1. The number of nitrogens with two attached hydrogens (primary N) is 2. The first-order valence-electron chi connectivity index (χ1n) is 24.4. The van der Waals surface area contributed by atoms with Crippen LogP contribution in [0.3, 0.4) is 0 Å². The Hall–Kier alpha value is -5.30. The summed E-state index contributed by atoms with van der Waals surface area (Å²) in [4.78, 5) is 0. The second kappa shape index (κ2) is 25.8. The number of hydrogen-bond donors (Lipinski definition) is 2. The van der Waals surface area contributed by atoms with E-state index in [9.17, 15) is 0 Å². The molecule has 0 fully saturated rings. The summed E-state index contributed by atoms with van der Waals surface area (Å²) in [6.45, 7) is 17.3. The normalized spacial score (nSPS) is 12.1. The quantitative estimate of drug-likeness (QED) is 0.115. The SMILES string of the molecule is Cc1cc(C)[c]([Ru+2])c(Pc2cc(C)cc(C)c2[C@@](N)(c2ccccc2)C(N)c2ccccc2)c1.Cc1cc(C)cc(Pc2cc(C)cc(C)c2)c1.[Cl-].[Cl-].c1ccc2c(-c3cccc4ccccc34)cccc2c1. The van der Waals surface area contributed by atoms with Crippen molar-refractivity contribution in [3.63, 3.8) is 0 Å². The van der Waals surface area contributed by atoms with Gasteiger partial charge < -0.3 is 24.8 Å². The maximum absolute atomic E-state index is 7.49. The Morgan fingerprint density at radius 3 is 1.30 bits per heavy atom. The molecule has 0 aliphatic carbocycles. The van der Waals surface area contributed by atoms with E-state index in [1.54, 1.807) is 0 Å². The van der Waals surface area contributed by atoms with Crippen LogP contribution >= 0.6 is 17.2 Å². The number of rotatable bonds is 9. The molecule has 10 aromatic rings. The zero-order chi connectivity index (χ0) is 50.2. The number of halogens is 2. The summed E-state index contributed by atoms with van der Waals surface area (Å²) in [6, 6.07) is 73.1. The molecule has 0 aliphatic rings. The van der Waals surface area contributed by atoms with Gasteiger partial charge in [-0.05, 0) is 71.0 Å². The molecule has 0 saturated carbocycles. The maximum Gasteiger partial charge on any atom is -0.00992 e. The van der Waals surface area contributed by atoms with Gasteiger partial charge in [-0.3, -0.25) is 0 Å². The summed E-state index contributed by atoms with van der Waals surface area (Å²) in [5.41, 5.74) is 29.9. The molecule has 0 saturated heterocycles. The zero-order valence-corrected chi connectivity index (χ0v) is 48.2. The molecule has 73 heavy (non-hydrogen) atoms. The molecular formula is C66H65Cl2N2P2Ru. The number of benzene rings is 10. The fraction of sp³-hybridized carbons (Fsp3) is 0.152. The van der Waals surface area contributed by atoms with Gasteiger partial charge in [0.15, 0.2) is 0 Å². The maximum atomic E-state index is 7.49. The molecule has 0 spiro atoms. The first-order valence-corrected chi connectivity index (χ1v) is 27.2. The monoisotopic (exact) mass is 1120 g/mol. The van der Waals surface area contributed by atoms with Crippen LogP contribution in [0.2, 0.25) is 0 Å². The molecule has 0 aliphatic heterocycles. The Bertz CT molecular complexity index is 3290. The molecule has 0 heterocycles. The summed E-state index contributed by atoms with van der Waals surface area (Å²) in [5, 5.41) is 10.7. The molecule has 371 valence electrons. The molecule has 10 rings (SSSR count). The Kier molecular flexibility index (Phi) is 20.1. The van der Waals surface area contributed by atoms with Gasteiger partial charge in [-0.15, -0.1) is 0 Å². The molecule has 0 aromatic heterocycles. The summed E-state index contributed by atoms with van der Waals surface area (Å²) in [5.74, 6) is 0. The van der Waals surface area contributed by atoms with Gasteiger partial charge in [-0.25, -0.2) is 0 Å². The number of hydrogen-bond acceptors (Lipinski definition) is 2. The van der Waals surface area contributed by atoms with Crippen LogP contribution in [0.1, 0.15) is 67.2 Å². The first kappa shape index (κ1) is 57.0. The molecule has 0 bridgehead atoms. The third kappa shape index (κ3) is 13.7. The number of aryl methyl sites for hydroxylation is 8. The van der Waals surface area contributed by atoms with E-state index < -0.39 is 11.6 Å². The van der Waals surface area contributed by atoms with Crippen LogP contribution in [0.25, 0.3) is 32.7 Å². The van der Waals surface area contributed by atoms with Crippen LogP contribution in [-0.2, 0) is 23.8 Å². The first-order chi connectivity index (χ1) is 34.2. The number of fused-ring (bicyclic) bond motifs is 2. The minimum absolute atomic E-state index is 0. The van der Waals surface area contributed by atoms with Crippen molar-refractivity contribution in [2.75, 3.05) is 0 Å². The van der Waals surface area contributed by atoms with Crippen molar-refractivity contribution in [3.8, 4) is 11.1 Å². The van der Waals surface area contributed by atoms with Gasteiger partial charge in [0.1, 0.15) is 0 Å². The van der Waals surface area contributed by atoms with Crippen molar-refractivity contribution in [1.29, 1.82) is 0 Å². The molecular weight excluding hydrogens is 1050 g/mol. The smallest absolute Gasteiger partial charge is 0.00992 e. The Morgan fingerprint density at radius 2 is 0.808 bits per heavy atom. The van der Waals surface area contributed by atoms with Crippen molar-refractivity contribution >= 4 is 64.1 Å². The third-order valence-corrected chi connectivity index (χ3v) is 17.1. The van der Waals surface area contributed by atoms with Crippen LogP contribution in [0.5, 0.6) is 0 Å². The van der Waals surface area contributed by atoms with Gasteiger partial charge in [0.05, 0.1) is 0 Å². The molecule has 2 unspecified atom stereocenters. The Morgan fingerprint density at radius 1 is 0.411 bits per heavy atom. The van der Waals surface area contributed by atoms with E-state index in [-0.39, 0.29) is 24.8 Å². The standard InChI is InChI=1S/C30H32N2P.C20H14.C16H19P.2ClH.Ru/c1-20-15-21(2)18-26(17-20)33-27-19-22(3)16-23(4)28(27)30(32,25-13-9-6-10-14-25)29(31)24-11-7-5-8-12-24;1-3-11-17-15(7-1)9-5-13-19(17)20-14-6-10-16-8-2-4-12-18(16)20;1-11-5-12(2)8-15(7-11)17-16-9-13(3)6-14(4)10-16;;;/h5-17,19,29,33H,31-32H2,1-4H3;1-14H;5-10,17H,1-4H3;2*1H;/q;;;;;+2/p-2/t29?,30-;;;;;/m0...../s1. The van der Waals surface area contributed by atoms with E-state index in [0.717, 1.165) is 25.3 Å². The average molecular weight is 1120 g/mol. The zero-order valence-electron chi connectivity index (χ0n) is 43.0. The second-order valence-electron chi connectivity index (χ2n) is 19.1. The van der Waals surface area contributed by atoms with Gasteiger partial charge in [0.25, 0.3) is 0 Å². The van der Waals surface area contributed by atoms with Gasteiger partial charge in [0, 0.05) is 0 Å². The van der Waals surface area contributed by atoms with Crippen molar-refractivity contribution in [2.45, 2.75) is 67.0 Å². The second-order valence-corrected chi connectivity index (χ2v) is 22.7. The predicted molar refractivity (Wildman–Crippen MR) is 310 cm³/mol. The topological polar surface area (TPSA) is 52.0 Å². The average Bonchev–Trinajstić information content (AvgIpc) is 3.35. The van der Waals surface area contributed by atoms with Crippen LogP contribution in [0.15, 0.2) is 206 Å². The molecule has 4 N–H and O–H groups in total.